The average molecular weight is 301 g/mol. The predicted octanol–water partition coefficient (Wildman–Crippen LogP) is 3.57. The van der Waals surface area contributed by atoms with E-state index in [4.69, 9.17) is 5.11 Å². The number of carbonyl (C=O) groups is 1. The smallest absolute Gasteiger partial charge is 0.450 e. The Bertz CT molecular complexity index is 703. The number of benzene rings is 1. The Morgan fingerprint density at radius 2 is 1.81 bits per heavy atom. The van der Waals surface area contributed by atoms with Crippen molar-refractivity contribution in [1.82, 2.24) is 0 Å². The van der Waals surface area contributed by atoms with E-state index in [0.29, 0.717) is 0 Å². The SMILES string of the molecule is O=C(O)c1cc(-c2ccc([N+](=O)[O-])cc2)oc1C(F)(F)F. The molecule has 0 amide bonds. The second-order valence-electron chi connectivity index (χ2n) is 3.96. The number of rotatable bonds is 3. The second kappa shape index (κ2) is 4.93. The highest BCUT2D eigenvalue weighted by atomic mass is 19.4. The molecule has 21 heavy (non-hydrogen) atoms. The van der Waals surface area contributed by atoms with Gasteiger partial charge in [0.25, 0.3) is 5.69 Å². The number of nitro benzene ring substituents is 1. The van der Waals surface area contributed by atoms with Crippen molar-refractivity contribution < 1.29 is 32.4 Å². The van der Waals surface area contributed by atoms with Crippen molar-refractivity contribution in [3.8, 4) is 11.3 Å². The molecule has 0 aliphatic rings. The molecule has 0 aliphatic heterocycles. The van der Waals surface area contributed by atoms with Crippen LogP contribution in [0.5, 0.6) is 0 Å². The number of carboxylic acids is 1. The van der Waals surface area contributed by atoms with E-state index in [1.165, 1.54) is 12.1 Å². The van der Waals surface area contributed by atoms with Crippen LogP contribution in [0, 0.1) is 10.1 Å². The topological polar surface area (TPSA) is 93.6 Å². The molecule has 2 aromatic rings. The van der Waals surface area contributed by atoms with Gasteiger partial charge in [-0.15, -0.1) is 0 Å². The summed E-state index contributed by atoms with van der Waals surface area (Å²) in [6.07, 6.45) is -4.95. The van der Waals surface area contributed by atoms with E-state index in [9.17, 15) is 28.1 Å². The third-order valence-electron chi connectivity index (χ3n) is 2.58. The molecule has 0 saturated heterocycles. The summed E-state index contributed by atoms with van der Waals surface area (Å²) >= 11 is 0. The first-order valence-corrected chi connectivity index (χ1v) is 5.39. The van der Waals surface area contributed by atoms with Gasteiger partial charge in [0.05, 0.1) is 4.92 Å². The van der Waals surface area contributed by atoms with Crippen molar-refractivity contribution in [1.29, 1.82) is 0 Å². The van der Waals surface area contributed by atoms with Crippen LogP contribution in [0.4, 0.5) is 18.9 Å². The van der Waals surface area contributed by atoms with Gasteiger partial charge in [0.15, 0.2) is 0 Å². The van der Waals surface area contributed by atoms with Crippen LogP contribution in [0.15, 0.2) is 34.7 Å². The largest absolute Gasteiger partial charge is 0.478 e. The lowest BCUT2D eigenvalue weighted by Gasteiger charge is -2.03. The van der Waals surface area contributed by atoms with Crippen LogP contribution in [-0.4, -0.2) is 16.0 Å². The summed E-state index contributed by atoms with van der Waals surface area (Å²) in [6, 6.07) is 5.22. The first kappa shape index (κ1) is 14.6. The molecule has 0 bridgehead atoms. The van der Waals surface area contributed by atoms with Crippen LogP contribution >= 0.6 is 0 Å². The quantitative estimate of drug-likeness (QED) is 0.691. The maximum Gasteiger partial charge on any atom is 0.450 e. The molecule has 0 aliphatic carbocycles. The van der Waals surface area contributed by atoms with Crippen LogP contribution in [0.1, 0.15) is 16.1 Å². The molecular weight excluding hydrogens is 295 g/mol. The highest BCUT2D eigenvalue weighted by Crippen LogP contribution is 2.37. The van der Waals surface area contributed by atoms with Gasteiger partial charge in [-0.2, -0.15) is 13.2 Å². The van der Waals surface area contributed by atoms with E-state index in [0.717, 1.165) is 18.2 Å². The molecule has 9 heteroatoms. The van der Waals surface area contributed by atoms with E-state index < -0.39 is 28.4 Å². The van der Waals surface area contributed by atoms with Crippen LogP contribution in [-0.2, 0) is 6.18 Å². The summed E-state index contributed by atoms with van der Waals surface area (Å²) in [5, 5.41) is 19.2. The Labute approximate surface area is 114 Å². The van der Waals surface area contributed by atoms with Crippen molar-refractivity contribution in [3.05, 3.63) is 51.8 Å². The number of hydrogen-bond donors (Lipinski definition) is 1. The fraction of sp³-hybridized carbons (Fsp3) is 0.0833. The van der Waals surface area contributed by atoms with E-state index in [1.807, 2.05) is 0 Å². The molecule has 1 heterocycles. The van der Waals surface area contributed by atoms with Gasteiger partial charge >= 0.3 is 12.1 Å². The first-order valence-electron chi connectivity index (χ1n) is 5.39. The Morgan fingerprint density at radius 3 is 2.19 bits per heavy atom. The number of nitro groups is 1. The number of hydrogen-bond acceptors (Lipinski definition) is 4. The van der Waals surface area contributed by atoms with Gasteiger partial charge < -0.3 is 9.52 Å². The summed E-state index contributed by atoms with van der Waals surface area (Å²) in [4.78, 5) is 20.6. The number of nitrogens with zero attached hydrogens (tertiary/aromatic N) is 1. The van der Waals surface area contributed by atoms with Crippen LogP contribution in [0.2, 0.25) is 0 Å². The molecule has 0 radical (unpaired) electrons. The summed E-state index contributed by atoms with van der Waals surface area (Å²) in [7, 11) is 0. The minimum absolute atomic E-state index is 0.0959. The lowest BCUT2D eigenvalue weighted by atomic mass is 10.1. The minimum atomic E-state index is -4.95. The Morgan fingerprint density at radius 1 is 1.24 bits per heavy atom. The normalized spacial score (nSPS) is 11.4. The zero-order valence-corrected chi connectivity index (χ0v) is 10.0. The van der Waals surface area contributed by atoms with Crippen LogP contribution < -0.4 is 0 Å². The zero-order valence-electron chi connectivity index (χ0n) is 10.0. The zero-order chi connectivity index (χ0) is 15.8. The molecule has 2 rings (SSSR count). The maximum atomic E-state index is 12.7. The molecule has 0 unspecified atom stereocenters. The minimum Gasteiger partial charge on any atom is -0.478 e. The highest BCUT2D eigenvalue weighted by molar-refractivity contribution is 5.90. The molecule has 1 N–H and O–H groups in total. The maximum absolute atomic E-state index is 12.7. The molecule has 110 valence electrons. The monoisotopic (exact) mass is 301 g/mol. The summed E-state index contributed by atoms with van der Waals surface area (Å²) in [6.45, 7) is 0. The number of aromatic carboxylic acids is 1. The van der Waals surface area contributed by atoms with Crippen LogP contribution in [0.3, 0.4) is 0 Å². The van der Waals surface area contributed by atoms with Crippen molar-refractivity contribution in [2.45, 2.75) is 6.18 Å². The van der Waals surface area contributed by atoms with Gasteiger partial charge in [-0.05, 0) is 18.2 Å². The second-order valence-corrected chi connectivity index (χ2v) is 3.96. The Balaban J connectivity index is 2.50. The number of alkyl halides is 3. The molecule has 6 nitrogen and oxygen atoms in total. The third-order valence-corrected chi connectivity index (χ3v) is 2.58. The third kappa shape index (κ3) is 2.86. The molecule has 0 atom stereocenters. The predicted molar refractivity (Wildman–Crippen MR) is 62.8 cm³/mol. The molecular formula is C12H6F3NO5. The fourth-order valence-corrected chi connectivity index (χ4v) is 1.65. The molecule has 1 aromatic carbocycles. The van der Waals surface area contributed by atoms with Gasteiger partial charge in [-0.3, -0.25) is 10.1 Å². The van der Waals surface area contributed by atoms with E-state index in [-0.39, 0.29) is 17.0 Å². The Kier molecular flexibility index (Phi) is 3.42. The summed E-state index contributed by atoms with van der Waals surface area (Å²) in [5.74, 6) is -3.74. The van der Waals surface area contributed by atoms with Gasteiger partial charge in [-0.25, -0.2) is 4.79 Å². The summed E-state index contributed by atoms with van der Waals surface area (Å²) in [5.41, 5.74) is -1.17. The van der Waals surface area contributed by atoms with Crippen molar-refractivity contribution in [3.63, 3.8) is 0 Å². The molecule has 1 aromatic heterocycles. The van der Waals surface area contributed by atoms with Crippen molar-refractivity contribution in [2.24, 2.45) is 0 Å². The van der Waals surface area contributed by atoms with Gasteiger partial charge in [0, 0.05) is 17.7 Å². The summed E-state index contributed by atoms with van der Waals surface area (Å²) < 4.78 is 42.5. The fourth-order valence-electron chi connectivity index (χ4n) is 1.65. The van der Waals surface area contributed by atoms with E-state index in [2.05, 4.69) is 4.42 Å². The number of carboxylic acid groups (broad SMARTS) is 1. The van der Waals surface area contributed by atoms with Gasteiger partial charge in [0.1, 0.15) is 11.3 Å². The number of non-ortho nitro benzene ring substituents is 1. The van der Waals surface area contributed by atoms with Crippen molar-refractivity contribution in [2.75, 3.05) is 0 Å². The van der Waals surface area contributed by atoms with E-state index >= 15 is 0 Å². The van der Waals surface area contributed by atoms with Gasteiger partial charge in [0.2, 0.25) is 5.76 Å². The highest BCUT2D eigenvalue weighted by Gasteiger charge is 2.40. The standard InChI is InChI=1S/C12H6F3NO5/c13-12(14,15)10-8(11(17)18)5-9(21-10)6-1-3-7(4-2-6)16(19)20/h1-5H,(H,17,18). The number of halogens is 3. The molecule has 0 saturated carbocycles. The van der Waals surface area contributed by atoms with Gasteiger partial charge in [-0.1, -0.05) is 0 Å². The lowest BCUT2D eigenvalue weighted by Crippen LogP contribution is -2.09. The Hall–Kier alpha value is -2.84. The number of furan rings is 1. The average Bonchev–Trinajstić information content (AvgIpc) is 2.84. The lowest BCUT2D eigenvalue weighted by molar-refractivity contribution is -0.384. The molecule has 0 spiro atoms. The molecule has 0 fully saturated rings. The van der Waals surface area contributed by atoms with E-state index in [1.54, 1.807) is 0 Å². The van der Waals surface area contributed by atoms with Crippen molar-refractivity contribution >= 4 is 11.7 Å². The first-order chi connectivity index (χ1) is 9.70. The van der Waals surface area contributed by atoms with Crippen LogP contribution in [0.25, 0.3) is 11.3 Å².